The minimum Gasteiger partial charge on any atom is -0.390 e. The SMILES string of the molecule is COCC(C)(C)CC(C)(C)O. The second-order valence-electron chi connectivity index (χ2n) is 4.59. The second kappa shape index (κ2) is 3.55. The zero-order valence-electron chi connectivity index (χ0n) is 8.27. The highest BCUT2D eigenvalue weighted by molar-refractivity contribution is 4.77. The highest BCUT2D eigenvalue weighted by Crippen LogP contribution is 2.27. The van der Waals surface area contributed by atoms with Crippen LogP contribution >= 0.6 is 0 Å². The minimum absolute atomic E-state index is 0.0625. The molecule has 0 spiro atoms. The molecule has 0 atom stereocenters. The van der Waals surface area contributed by atoms with E-state index >= 15 is 0 Å². The van der Waals surface area contributed by atoms with Gasteiger partial charge < -0.3 is 9.84 Å². The van der Waals surface area contributed by atoms with Crippen LogP contribution in [0, 0.1) is 5.41 Å². The van der Waals surface area contributed by atoms with Gasteiger partial charge in [0.1, 0.15) is 0 Å². The van der Waals surface area contributed by atoms with Gasteiger partial charge in [-0.15, -0.1) is 0 Å². The molecule has 0 aromatic heterocycles. The van der Waals surface area contributed by atoms with Crippen molar-refractivity contribution in [3.05, 3.63) is 0 Å². The van der Waals surface area contributed by atoms with E-state index in [-0.39, 0.29) is 5.41 Å². The van der Waals surface area contributed by atoms with Crippen molar-refractivity contribution in [2.75, 3.05) is 13.7 Å². The van der Waals surface area contributed by atoms with E-state index in [0.717, 1.165) is 6.42 Å². The Morgan fingerprint density at radius 1 is 1.18 bits per heavy atom. The third-order valence-electron chi connectivity index (χ3n) is 1.45. The van der Waals surface area contributed by atoms with Gasteiger partial charge in [-0.05, 0) is 25.7 Å². The summed E-state index contributed by atoms with van der Waals surface area (Å²) in [4.78, 5) is 0. The van der Waals surface area contributed by atoms with Crippen LogP contribution in [0.25, 0.3) is 0 Å². The molecule has 0 amide bonds. The number of ether oxygens (including phenoxy) is 1. The molecule has 0 saturated heterocycles. The first-order chi connectivity index (χ1) is 4.77. The van der Waals surface area contributed by atoms with Crippen molar-refractivity contribution in [3.63, 3.8) is 0 Å². The van der Waals surface area contributed by atoms with Crippen molar-refractivity contribution >= 4 is 0 Å². The molecule has 0 unspecified atom stereocenters. The number of aliphatic hydroxyl groups is 1. The van der Waals surface area contributed by atoms with Crippen LogP contribution in [0.5, 0.6) is 0 Å². The van der Waals surface area contributed by atoms with E-state index in [4.69, 9.17) is 4.74 Å². The average molecular weight is 160 g/mol. The summed E-state index contributed by atoms with van der Waals surface area (Å²) in [7, 11) is 1.69. The third-order valence-corrected chi connectivity index (χ3v) is 1.45. The highest BCUT2D eigenvalue weighted by atomic mass is 16.5. The summed E-state index contributed by atoms with van der Waals surface area (Å²) in [5.41, 5.74) is -0.533. The van der Waals surface area contributed by atoms with E-state index in [2.05, 4.69) is 13.8 Å². The molecule has 0 aliphatic carbocycles. The maximum Gasteiger partial charge on any atom is 0.0597 e. The Morgan fingerprint density at radius 3 is 1.91 bits per heavy atom. The van der Waals surface area contributed by atoms with Crippen LogP contribution in [0.4, 0.5) is 0 Å². The number of rotatable bonds is 4. The summed E-state index contributed by atoms with van der Waals surface area (Å²) >= 11 is 0. The summed E-state index contributed by atoms with van der Waals surface area (Å²) in [5.74, 6) is 0. The third kappa shape index (κ3) is 6.32. The molecule has 0 heterocycles. The van der Waals surface area contributed by atoms with Crippen molar-refractivity contribution in [2.45, 2.75) is 39.7 Å². The van der Waals surface area contributed by atoms with Crippen LogP contribution in [-0.4, -0.2) is 24.4 Å². The van der Waals surface area contributed by atoms with Gasteiger partial charge >= 0.3 is 0 Å². The van der Waals surface area contributed by atoms with Gasteiger partial charge in [0.25, 0.3) is 0 Å². The lowest BCUT2D eigenvalue weighted by Gasteiger charge is -2.30. The summed E-state index contributed by atoms with van der Waals surface area (Å²) in [6, 6.07) is 0. The Kier molecular flexibility index (Phi) is 3.52. The Morgan fingerprint density at radius 2 is 1.64 bits per heavy atom. The van der Waals surface area contributed by atoms with Crippen molar-refractivity contribution in [1.82, 2.24) is 0 Å². The summed E-state index contributed by atoms with van der Waals surface area (Å²) in [6.45, 7) is 8.52. The van der Waals surface area contributed by atoms with Crippen LogP contribution < -0.4 is 0 Å². The predicted molar refractivity (Wildman–Crippen MR) is 46.6 cm³/mol. The van der Waals surface area contributed by atoms with Crippen molar-refractivity contribution in [3.8, 4) is 0 Å². The smallest absolute Gasteiger partial charge is 0.0597 e. The van der Waals surface area contributed by atoms with Crippen LogP contribution in [-0.2, 0) is 4.74 Å². The molecule has 2 heteroatoms. The molecule has 0 aromatic rings. The first-order valence-electron chi connectivity index (χ1n) is 3.98. The van der Waals surface area contributed by atoms with Crippen molar-refractivity contribution in [1.29, 1.82) is 0 Å². The Hall–Kier alpha value is -0.0800. The lowest BCUT2D eigenvalue weighted by Crippen LogP contribution is -2.31. The first kappa shape index (κ1) is 10.9. The second-order valence-corrected chi connectivity index (χ2v) is 4.59. The molecular weight excluding hydrogens is 140 g/mol. The molecule has 2 nitrogen and oxygen atoms in total. The summed E-state index contributed by atoms with van der Waals surface area (Å²) < 4.78 is 5.04. The molecule has 0 aromatic carbocycles. The lowest BCUT2D eigenvalue weighted by molar-refractivity contribution is 0.00168. The van der Waals surface area contributed by atoms with Gasteiger partial charge in [-0.2, -0.15) is 0 Å². The molecule has 0 fully saturated rings. The van der Waals surface area contributed by atoms with Crippen molar-refractivity contribution < 1.29 is 9.84 Å². The van der Waals surface area contributed by atoms with E-state index in [1.165, 1.54) is 0 Å². The van der Waals surface area contributed by atoms with Gasteiger partial charge in [-0.1, -0.05) is 13.8 Å². The van der Waals surface area contributed by atoms with Crippen molar-refractivity contribution in [2.24, 2.45) is 5.41 Å². The van der Waals surface area contributed by atoms with E-state index in [1.54, 1.807) is 7.11 Å². The summed E-state index contributed by atoms with van der Waals surface area (Å²) in [6.07, 6.45) is 0.758. The molecule has 0 aliphatic rings. The normalized spacial score (nSPS) is 13.6. The van der Waals surface area contributed by atoms with Gasteiger partial charge in [0.05, 0.1) is 12.2 Å². The van der Waals surface area contributed by atoms with Gasteiger partial charge in [0.2, 0.25) is 0 Å². The molecular formula is C9H20O2. The van der Waals surface area contributed by atoms with Crippen LogP contribution in [0.2, 0.25) is 0 Å². The fraction of sp³-hybridized carbons (Fsp3) is 1.00. The van der Waals surface area contributed by atoms with E-state index in [9.17, 15) is 5.11 Å². The van der Waals surface area contributed by atoms with Gasteiger partial charge in [0.15, 0.2) is 0 Å². The Bertz CT molecular complexity index is 111. The first-order valence-corrected chi connectivity index (χ1v) is 3.98. The lowest BCUT2D eigenvalue weighted by atomic mass is 9.83. The number of hydrogen-bond acceptors (Lipinski definition) is 2. The molecule has 0 saturated carbocycles. The quantitative estimate of drug-likeness (QED) is 0.679. The van der Waals surface area contributed by atoms with Gasteiger partial charge in [-0.25, -0.2) is 0 Å². The van der Waals surface area contributed by atoms with Gasteiger partial charge in [-0.3, -0.25) is 0 Å². The van der Waals surface area contributed by atoms with Crippen LogP contribution in [0.1, 0.15) is 34.1 Å². The fourth-order valence-electron chi connectivity index (χ4n) is 1.61. The van der Waals surface area contributed by atoms with Gasteiger partial charge in [0, 0.05) is 7.11 Å². The molecule has 1 N–H and O–H groups in total. The van der Waals surface area contributed by atoms with Crippen LogP contribution in [0.3, 0.4) is 0 Å². The topological polar surface area (TPSA) is 29.5 Å². The molecule has 68 valence electrons. The average Bonchev–Trinajstić information content (AvgIpc) is 1.55. The van der Waals surface area contributed by atoms with Crippen LogP contribution in [0.15, 0.2) is 0 Å². The zero-order valence-corrected chi connectivity index (χ0v) is 8.27. The predicted octanol–water partition coefficient (Wildman–Crippen LogP) is 1.82. The molecule has 0 rings (SSSR count). The molecule has 0 aliphatic heterocycles. The van der Waals surface area contributed by atoms with E-state index in [0.29, 0.717) is 6.61 Å². The minimum atomic E-state index is -0.595. The largest absolute Gasteiger partial charge is 0.390 e. The highest BCUT2D eigenvalue weighted by Gasteiger charge is 2.26. The summed E-state index contributed by atoms with van der Waals surface area (Å²) in [5, 5.41) is 9.52. The standard InChI is InChI=1S/C9H20O2/c1-8(2,7-11-5)6-9(3,4)10/h10H,6-7H2,1-5H3. The monoisotopic (exact) mass is 160 g/mol. The fourth-order valence-corrected chi connectivity index (χ4v) is 1.61. The van der Waals surface area contributed by atoms with E-state index < -0.39 is 5.60 Å². The molecule has 0 bridgehead atoms. The zero-order chi connectivity index (χ0) is 9.12. The Balaban J connectivity index is 3.91. The molecule has 0 radical (unpaired) electrons. The van der Waals surface area contributed by atoms with E-state index in [1.807, 2.05) is 13.8 Å². The number of methoxy groups -OCH3 is 1. The maximum absolute atomic E-state index is 9.52. The molecule has 11 heavy (non-hydrogen) atoms. The maximum atomic E-state index is 9.52. The Labute approximate surface area is 69.6 Å². The number of hydrogen-bond donors (Lipinski definition) is 1.